The summed E-state index contributed by atoms with van der Waals surface area (Å²) in [5, 5.41) is 13.2. The maximum atomic E-state index is 12.2. The van der Waals surface area contributed by atoms with Crippen LogP contribution >= 0.6 is 11.3 Å². The fraction of sp³-hybridized carbons (Fsp3) is 0.587. The number of aliphatic carboxylic acids is 1. The van der Waals surface area contributed by atoms with Gasteiger partial charge in [-0.15, -0.1) is 11.3 Å². The predicted molar refractivity (Wildman–Crippen MR) is 229 cm³/mol. The number of fused-ring (bicyclic) bond motifs is 2. The smallest absolute Gasteiger partial charge is 0.308 e. The number of pyridine rings is 1. The normalized spacial score (nSPS) is 13.4. The maximum Gasteiger partial charge on any atom is 0.308 e. The van der Waals surface area contributed by atoms with Crippen molar-refractivity contribution in [3.05, 3.63) is 60.0 Å². The SMILES string of the molecule is O=C(O)CCCCCCCCCCCCCCCCCCC(=O)OCOc1ccc2ccc(OCCCCN3CCN(c4cccc5sccc45)CC3)cc2n1. The van der Waals surface area contributed by atoms with Crippen molar-refractivity contribution in [3.63, 3.8) is 0 Å². The molecular weight excluding hydrogens is 723 g/mol. The molecule has 0 spiro atoms. The number of unbranched alkanes of at least 4 members (excludes halogenated alkanes) is 16. The van der Waals surface area contributed by atoms with Crippen LogP contribution in [-0.2, 0) is 14.3 Å². The van der Waals surface area contributed by atoms with Gasteiger partial charge in [-0.2, -0.15) is 0 Å². The standard InChI is InChI=1S/C46H65N3O6S/c50-45(51)22-15-13-11-9-7-5-3-1-2-4-6-8-10-12-14-16-23-46(52)55-37-54-44-27-25-38-24-26-39(36-41(38)47-44)53-34-18-17-29-48-30-32-49(33-31-48)42-20-19-21-43-40(42)28-35-56-43/h19-21,24-28,35-36H,1-18,22-23,29-34,37H2,(H,50,51). The van der Waals surface area contributed by atoms with Crippen LogP contribution in [-0.4, -0.2) is 73.1 Å². The summed E-state index contributed by atoms with van der Waals surface area (Å²) in [7, 11) is 0. The third-order valence-corrected chi connectivity index (χ3v) is 11.8. The number of anilines is 1. The molecule has 0 atom stereocenters. The second-order valence-electron chi connectivity index (χ2n) is 15.3. The van der Waals surface area contributed by atoms with Gasteiger partial charge in [-0.05, 0) is 74.0 Å². The lowest BCUT2D eigenvalue weighted by molar-refractivity contribution is -0.150. The number of esters is 1. The van der Waals surface area contributed by atoms with Gasteiger partial charge < -0.3 is 24.2 Å². The van der Waals surface area contributed by atoms with Crippen molar-refractivity contribution in [2.45, 2.75) is 128 Å². The van der Waals surface area contributed by atoms with Gasteiger partial charge in [0.2, 0.25) is 12.7 Å². The number of carbonyl (C=O) groups excluding carboxylic acids is 1. The van der Waals surface area contributed by atoms with Crippen LogP contribution in [0.2, 0.25) is 0 Å². The van der Waals surface area contributed by atoms with Crippen molar-refractivity contribution >= 4 is 50.0 Å². The second kappa shape index (κ2) is 25.4. The number of benzene rings is 2. The van der Waals surface area contributed by atoms with Crippen LogP contribution in [0.15, 0.2) is 60.0 Å². The number of hydrogen-bond acceptors (Lipinski definition) is 9. The molecule has 1 N–H and O–H groups in total. The Balaban J connectivity index is 0.831. The predicted octanol–water partition coefficient (Wildman–Crippen LogP) is 11.4. The van der Waals surface area contributed by atoms with E-state index in [2.05, 4.69) is 44.4 Å². The maximum absolute atomic E-state index is 12.2. The Kier molecular flexibility index (Phi) is 19.6. The average molecular weight is 788 g/mol. The molecule has 306 valence electrons. The number of piperazine rings is 1. The van der Waals surface area contributed by atoms with Crippen LogP contribution in [0, 0.1) is 0 Å². The van der Waals surface area contributed by atoms with Gasteiger partial charge in [-0.1, -0.05) is 96.0 Å². The highest BCUT2D eigenvalue weighted by Gasteiger charge is 2.18. The van der Waals surface area contributed by atoms with E-state index in [-0.39, 0.29) is 12.8 Å². The Bertz CT molecular complexity index is 1720. The molecule has 10 heteroatoms. The van der Waals surface area contributed by atoms with Gasteiger partial charge >= 0.3 is 11.9 Å². The van der Waals surface area contributed by atoms with Crippen LogP contribution in [0.4, 0.5) is 5.69 Å². The molecular formula is C46H65N3O6S. The molecule has 0 radical (unpaired) electrons. The van der Waals surface area contributed by atoms with Gasteiger partial charge in [0.15, 0.2) is 0 Å². The van der Waals surface area contributed by atoms with Gasteiger partial charge in [0.1, 0.15) is 5.75 Å². The monoisotopic (exact) mass is 787 g/mol. The molecule has 1 fully saturated rings. The van der Waals surface area contributed by atoms with E-state index in [9.17, 15) is 9.59 Å². The number of carbonyl (C=O) groups is 2. The Morgan fingerprint density at radius 2 is 1.32 bits per heavy atom. The second-order valence-corrected chi connectivity index (χ2v) is 16.3. The number of thiophene rings is 1. The Labute approximate surface area is 338 Å². The van der Waals surface area contributed by atoms with E-state index in [1.54, 1.807) is 6.07 Å². The van der Waals surface area contributed by atoms with E-state index in [0.29, 0.717) is 25.3 Å². The molecule has 0 saturated carbocycles. The van der Waals surface area contributed by atoms with Crippen LogP contribution in [0.25, 0.3) is 21.0 Å². The zero-order chi connectivity index (χ0) is 39.0. The van der Waals surface area contributed by atoms with Crippen LogP contribution in [0.1, 0.15) is 128 Å². The molecule has 1 aliphatic heterocycles. The molecule has 5 rings (SSSR count). The summed E-state index contributed by atoms with van der Waals surface area (Å²) in [5.41, 5.74) is 2.16. The largest absolute Gasteiger partial charge is 0.494 e. The molecule has 3 heterocycles. The molecule has 0 aliphatic carbocycles. The lowest BCUT2D eigenvalue weighted by atomic mass is 10.0. The van der Waals surface area contributed by atoms with Crippen LogP contribution in [0.5, 0.6) is 11.6 Å². The Hall–Kier alpha value is -3.89. The van der Waals surface area contributed by atoms with Gasteiger partial charge in [-0.25, -0.2) is 4.98 Å². The van der Waals surface area contributed by atoms with Crippen molar-refractivity contribution in [1.29, 1.82) is 0 Å². The highest BCUT2D eigenvalue weighted by Crippen LogP contribution is 2.31. The van der Waals surface area contributed by atoms with Crippen molar-refractivity contribution in [2.75, 3.05) is 51.0 Å². The van der Waals surface area contributed by atoms with E-state index in [4.69, 9.17) is 19.3 Å². The third kappa shape index (κ3) is 15.9. The quantitative estimate of drug-likeness (QED) is 0.0327. The molecule has 0 amide bonds. The van der Waals surface area contributed by atoms with Gasteiger partial charge in [0.05, 0.1) is 12.1 Å². The van der Waals surface area contributed by atoms with Crippen molar-refractivity contribution < 1.29 is 28.9 Å². The number of carboxylic acids is 1. The van der Waals surface area contributed by atoms with Crippen molar-refractivity contribution in [1.82, 2.24) is 9.88 Å². The molecule has 2 aromatic heterocycles. The summed E-state index contributed by atoms with van der Waals surface area (Å²) in [5.74, 6) is 0.320. The zero-order valence-electron chi connectivity index (χ0n) is 33.6. The van der Waals surface area contributed by atoms with Gasteiger partial charge in [0.25, 0.3) is 0 Å². The molecule has 56 heavy (non-hydrogen) atoms. The van der Waals surface area contributed by atoms with Gasteiger partial charge in [-0.3, -0.25) is 14.5 Å². The topological polar surface area (TPSA) is 101 Å². The molecule has 0 bridgehead atoms. The number of nitrogens with zero attached hydrogens (tertiary/aromatic N) is 3. The highest BCUT2D eigenvalue weighted by atomic mass is 32.1. The lowest BCUT2D eigenvalue weighted by Crippen LogP contribution is -2.46. The molecule has 2 aromatic carbocycles. The summed E-state index contributed by atoms with van der Waals surface area (Å²) in [6.45, 7) is 5.94. The minimum absolute atomic E-state index is 0.137. The number of aromatic nitrogens is 1. The molecule has 0 unspecified atom stereocenters. The molecule has 9 nitrogen and oxygen atoms in total. The molecule has 1 aliphatic rings. The summed E-state index contributed by atoms with van der Waals surface area (Å²) >= 11 is 1.81. The van der Waals surface area contributed by atoms with E-state index in [0.717, 1.165) is 94.3 Å². The first kappa shape index (κ1) is 43.2. The van der Waals surface area contributed by atoms with Gasteiger partial charge in [0, 0.05) is 72.3 Å². The zero-order valence-corrected chi connectivity index (χ0v) is 34.4. The van der Waals surface area contributed by atoms with Crippen molar-refractivity contribution in [3.8, 4) is 11.6 Å². The fourth-order valence-corrected chi connectivity index (χ4v) is 8.40. The van der Waals surface area contributed by atoms with E-state index < -0.39 is 5.97 Å². The number of rotatable bonds is 29. The highest BCUT2D eigenvalue weighted by molar-refractivity contribution is 7.17. The minimum atomic E-state index is -0.678. The third-order valence-electron chi connectivity index (χ3n) is 10.9. The summed E-state index contributed by atoms with van der Waals surface area (Å²) in [6.07, 6.45) is 21.8. The average Bonchev–Trinajstić information content (AvgIpc) is 3.70. The Morgan fingerprint density at radius 3 is 2.00 bits per heavy atom. The first-order valence-corrected chi connectivity index (χ1v) is 22.4. The number of hydrogen-bond donors (Lipinski definition) is 1. The van der Waals surface area contributed by atoms with E-state index in [1.165, 1.54) is 86.4 Å². The van der Waals surface area contributed by atoms with Crippen LogP contribution in [0.3, 0.4) is 0 Å². The van der Waals surface area contributed by atoms with Crippen molar-refractivity contribution in [2.24, 2.45) is 0 Å². The molecule has 4 aromatic rings. The fourth-order valence-electron chi connectivity index (χ4n) is 7.59. The summed E-state index contributed by atoms with van der Waals surface area (Å²) in [6, 6.07) is 18.6. The number of carboxylic acid groups (broad SMARTS) is 1. The number of ether oxygens (including phenoxy) is 3. The lowest BCUT2D eigenvalue weighted by Gasteiger charge is -2.36. The van der Waals surface area contributed by atoms with E-state index in [1.807, 2.05) is 35.6 Å². The molecule has 1 saturated heterocycles. The summed E-state index contributed by atoms with van der Waals surface area (Å²) in [4.78, 5) is 32.5. The first-order chi connectivity index (χ1) is 27.5. The first-order valence-electron chi connectivity index (χ1n) is 21.5. The minimum Gasteiger partial charge on any atom is -0.494 e. The van der Waals surface area contributed by atoms with Crippen LogP contribution < -0.4 is 14.4 Å². The Morgan fingerprint density at radius 1 is 0.679 bits per heavy atom. The van der Waals surface area contributed by atoms with E-state index >= 15 is 0 Å². The summed E-state index contributed by atoms with van der Waals surface area (Å²) < 4.78 is 18.4.